The summed E-state index contributed by atoms with van der Waals surface area (Å²) in [7, 11) is 3.77. The first-order valence-corrected chi connectivity index (χ1v) is 6.99. The van der Waals surface area contributed by atoms with Crippen LogP contribution in [0.1, 0.15) is 27.2 Å². The summed E-state index contributed by atoms with van der Waals surface area (Å²) in [4.78, 5) is 32.8. The second kappa shape index (κ2) is 6.43. The summed E-state index contributed by atoms with van der Waals surface area (Å²) in [5.41, 5.74) is 2.53. The molecule has 22 heavy (non-hydrogen) atoms. The number of aryl methyl sites for hydroxylation is 2. The van der Waals surface area contributed by atoms with E-state index in [0.717, 1.165) is 17.1 Å². The first kappa shape index (κ1) is 15.8. The van der Waals surface area contributed by atoms with E-state index in [9.17, 15) is 9.59 Å². The molecule has 0 atom stereocenters. The fourth-order valence-corrected chi connectivity index (χ4v) is 2.16. The third-order valence-corrected chi connectivity index (χ3v) is 3.39. The van der Waals surface area contributed by atoms with Gasteiger partial charge in [-0.3, -0.25) is 9.59 Å². The van der Waals surface area contributed by atoms with Gasteiger partial charge in [-0.1, -0.05) is 0 Å². The highest BCUT2D eigenvalue weighted by Gasteiger charge is 2.10. The average molecular weight is 300 g/mol. The lowest BCUT2D eigenvalue weighted by molar-refractivity contribution is 0.0950. The van der Waals surface area contributed by atoms with Crippen molar-refractivity contribution in [1.29, 1.82) is 0 Å². The summed E-state index contributed by atoms with van der Waals surface area (Å²) in [5.74, 6) is 0.527. The van der Waals surface area contributed by atoms with Crippen LogP contribution in [-0.4, -0.2) is 30.0 Å². The second-order valence-corrected chi connectivity index (χ2v) is 5.43. The monoisotopic (exact) mass is 300 g/mol. The fraction of sp³-hybridized carbons (Fsp3) is 0.312. The number of aromatic nitrogens is 2. The Morgan fingerprint density at radius 1 is 1.32 bits per heavy atom. The summed E-state index contributed by atoms with van der Waals surface area (Å²) in [6, 6.07) is 5.37. The lowest BCUT2D eigenvalue weighted by Crippen LogP contribution is -2.28. The van der Waals surface area contributed by atoms with Gasteiger partial charge >= 0.3 is 0 Å². The number of amides is 1. The van der Waals surface area contributed by atoms with Crippen LogP contribution < -0.4 is 15.8 Å². The van der Waals surface area contributed by atoms with E-state index in [1.807, 2.05) is 38.9 Å². The van der Waals surface area contributed by atoms with Gasteiger partial charge in [0.2, 0.25) is 0 Å². The number of pyridine rings is 2. The van der Waals surface area contributed by atoms with Crippen molar-refractivity contribution < 1.29 is 4.79 Å². The van der Waals surface area contributed by atoms with Crippen molar-refractivity contribution in [3.63, 3.8) is 0 Å². The molecule has 0 unspecified atom stereocenters. The number of hydrogen-bond acceptors (Lipinski definition) is 4. The van der Waals surface area contributed by atoms with E-state index in [4.69, 9.17) is 0 Å². The Balaban J connectivity index is 2.09. The zero-order valence-electron chi connectivity index (χ0n) is 13.2. The van der Waals surface area contributed by atoms with Crippen LogP contribution in [0.25, 0.3) is 0 Å². The topological polar surface area (TPSA) is 78.1 Å². The Labute approximate surface area is 129 Å². The van der Waals surface area contributed by atoms with Crippen molar-refractivity contribution >= 4 is 11.7 Å². The minimum atomic E-state index is -0.253. The molecule has 116 valence electrons. The minimum Gasteiger partial charge on any atom is -0.363 e. The third kappa shape index (κ3) is 3.52. The highest BCUT2D eigenvalue weighted by molar-refractivity contribution is 5.94. The lowest BCUT2D eigenvalue weighted by Gasteiger charge is -2.11. The molecule has 6 heteroatoms. The number of anilines is 1. The van der Waals surface area contributed by atoms with Crippen LogP contribution in [0.5, 0.6) is 0 Å². The Kier molecular flexibility index (Phi) is 4.60. The van der Waals surface area contributed by atoms with Crippen LogP contribution in [0.4, 0.5) is 5.82 Å². The fourth-order valence-electron chi connectivity index (χ4n) is 2.16. The van der Waals surface area contributed by atoms with Gasteiger partial charge < -0.3 is 15.2 Å². The van der Waals surface area contributed by atoms with Crippen LogP contribution >= 0.6 is 0 Å². The molecule has 0 radical (unpaired) electrons. The Morgan fingerprint density at radius 3 is 2.59 bits per heavy atom. The SMILES string of the molecule is Cc1cc(C)c(CNC(=O)c2ccc(N(C)C)nc2)c(=O)[nH]1. The molecule has 2 N–H and O–H groups in total. The van der Waals surface area contributed by atoms with Gasteiger partial charge in [-0.25, -0.2) is 4.98 Å². The zero-order valence-corrected chi connectivity index (χ0v) is 13.2. The van der Waals surface area contributed by atoms with Gasteiger partial charge in [-0.2, -0.15) is 0 Å². The number of carbonyl (C=O) groups excluding carboxylic acids is 1. The van der Waals surface area contributed by atoms with Crippen LogP contribution in [0.3, 0.4) is 0 Å². The van der Waals surface area contributed by atoms with Gasteiger partial charge in [-0.15, -0.1) is 0 Å². The Hall–Kier alpha value is -2.63. The van der Waals surface area contributed by atoms with E-state index in [1.54, 1.807) is 12.1 Å². The number of nitrogens with one attached hydrogen (secondary N) is 2. The van der Waals surface area contributed by atoms with Crippen molar-refractivity contribution in [2.24, 2.45) is 0 Å². The summed E-state index contributed by atoms with van der Waals surface area (Å²) in [6.45, 7) is 3.88. The molecule has 0 spiro atoms. The summed E-state index contributed by atoms with van der Waals surface area (Å²) in [6.07, 6.45) is 1.52. The molecule has 2 rings (SSSR count). The van der Waals surface area contributed by atoms with Gasteiger partial charge in [0.1, 0.15) is 5.82 Å². The molecule has 2 aromatic rings. The van der Waals surface area contributed by atoms with Crippen LogP contribution in [0.15, 0.2) is 29.2 Å². The second-order valence-electron chi connectivity index (χ2n) is 5.43. The minimum absolute atomic E-state index is 0.168. The molecule has 2 aromatic heterocycles. The van der Waals surface area contributed by atoms with Crippen molar-refractivity contribution in [2.75, 3.05) is 19.0 Å². The average Bonchev–Trinajstić information content (AvgIpc) is 2.46. The number of carbonyl (C=O) groups is 1. The first-order chi connectivity index (χ1) is 10.4. The van der Waals surface area contributed by atoms with Gasteiger partial charge in [0, 0.05) is 38.1 Å². The number of hydrogen-bond donors (Lipinski definition) is 2. The molecule has 0 aliphatic heterocycles. The van der Waals surface area contributed by atoms with Crippen LogP contribution in [0.2, 0.25) is 0 Å². The van der Waals surface area contributed by atoms with Gasteiger partial charge in [0.05, 0.1) is 5.56 Å². The first-order valence-electron chi connectivity index (χ1n) is 6.99. The largest absolute Gasteiger partial charge is 0.363 e. The Bertz CT molecular complexity index is 733. The number of rotatable bonds is 4. The van der Waals surface area contributed by atoms with E-state index in [0.29, 0.717) is 11.1 Å². The molecule has 0 fully saturated rings. The maximum atomic E-state index is 12.1. The number of aromatic amines is 1. The van der Waals surface area contributed by atoms with Gasteiger partial charge in [-0.05, 0) is 37.6 Å². The molecule has 0 aliphatic carbocycles. The zero-order chi connectivity index (χ0) is 16.3. The maximum absolute atomic E-state index is 12.1. The van der Waals surface area contributed by atoms with Gasteiger partial charge in [0.15, 0.2) is 0 Å². The maximum Gasteiger partial charge on any atom is 0.253 e. The van der Waals surface area contributed by atoms with E-state index in [2.05, 4.69) is 15.3 Å². The predicted octanol–water partition coefficient (Wildman–Crippen LogP) is 1.38. The summed E-state index contributed by atoms with van der Waals surface area (Å²) >= 11 is 0. The summed E-state index contributed by atoms with van der Waals surface area (Å²) in [5, 5.41) is 2.75. The molecule has 0 bridgehead atoms. The van der Waals surface area contributed by atoms with Crippen molar-refractivity contribution in [2.45, 2.75) is 20.4 Å². The molecule has 1 amide bonds. The highest BCUT2D eigenvalue weighted by atomic mass is 16.1. The van der Waals surface area contributed by atoms with Crippen molar-refractivity contribution in [3.8, 4) is 0 Å². The lowest BCUT2D eigenvalue weighted by atomic mass is 10.1. The molecular weight excluding hydrogens is 280 g/mol. The van der Waals surface area contributed by atoms with E-state index < -0.39 is 0 Å². The third-order valence-electron chi connectivity index (χ3n) is 3.39. The molecule has 0 saturated carbocycles. The molecule has 0 aromatic carbocycles. The predicted molar refractivity (Wildman–Crippen MR) is 86.3 cm³/mol. The molecule has 2 heterocycles. The van der Waals surface area contributed by atoms with E-state index in [-0.39, 0.29) is 18.0 Å². The normalized spacial score (nSPS) is 10.4. The van der Waals surface area contributed by atoms with Gasteiger partial charge in [0.25, 0.3) is 11.5 Å². The smallest absolute Gasteiger partial charge is 0.253 e. The van der Waals surface area contributed by atoms with Crippen LogP contribution in [0, 0.1) is 13.8 Å². The van der Waals surface area contributed by atoms with Crippen LogP contribution in [-0.2, 0) is 6.54 Å². The number of H-pyrrole nitrogens is 1. The Morgan fingerprint density at radius 2 is 2.05 bits per heavy atom. The van der Waals surface area contributed by atoms with E-state index >= 15 is 0 Å². The summed E-state index contributed by atoms with van der Waals surface area (Å²) < 4.78 is 0. The quantitative estimate of drug-likeness (QED) is 0.894. The highest BCUT2D eigenvalue weighted by Crippen LogP contribution is 2.08. The van der Waals surface area contributed by atoms with E-state index in [1.165, 1.54) is 6.20 Å². The standard InChI is InChI=1S/C16H20N4O2/c1-10-7-11(2)19-16(22)13(10)9-18-15(21)12-5-6-14(17-8-12)20(3)4/h5-8H,9H2,1-4H3,(H,18,21)(H,19,22). The molecular formula is C16H20N4O2. The van der Waals surface area contributed by atoms with Crippen molar-refractivity contribution in [1.82, 2.24) is 15.3 Å². The van der Waals surface area contributed by atoms with Crippen molar-refractivity contribution in [3.05, 3.63) is 57.1 Å². The molecule has 0 saturated heterocycles. The number of nitrogens with zero attached hydrogens (tertiary/aromatic N) is 2. The molecule has 0 aliphatic rings. The molecule has 6 nitrogen and oxygen atoms in total.